The number of halogens is 1. The van der Waals surface area contributed by atoms with Crippen molar-refractivity contribution in [3.63, 3.8) is 0 Å². The second kappa shape index (κ2) is 6.88. The quantitative estimate of drug-likeness (QED) is 0.781. The van der Waals surface area contributed by atoms with Crippen LogP contribution < -0.4 is 16.2 Å². The van der Waals surface area contributed by atoms with E-state index in [1.165, 1.54) is 0 Å². The highest BCUT2D eigenvalue weighted by Crippen LogP contribution is 2.25. The number of nitrogens with one attached hydrogen (secondary N) is 1. The third-order valence-corrected chi connectivity index (χ3v) is 3.63. The van der Waals surface area contributed by atoms with E-state index in [1.807, 2.05) is 0 Å². The van der Waals surface area contributed by atoms with Gasteiger partial charge in [0, 0.05) is 19.7 Å². The number of aromatic amines is 1. The maximum absolute atomic E-state index is 11.4. The lowest BCUT2D eigenvalue weighted by Gasteiger charge is -2.33. The van der Waals surface area contributed by atoms with Gasteiger partial charge < -0.3 is 15.4 Å². The van der Waals surface area contributed by atoms with Crippen molar-refractivity contribution >= 4 is 17.3 Å². The Hall–Kier alpha value is -1.11. The third-order valence-electron chi connectivity index (χ3n) is 3.26. The van der Waals surface area contributed by atoms with Crippen molar-refractivity contribution in [1.82, 2.24) is 10.2 Å². The van der Waals surface area contributed by atoms with Crippen LogP contribution in [0.15, 0.2) is 11.0 Å². The number of nitrogens with two attached hydrogens (primary N) is 1. The fraction of sp³-hybridized carbons (Fsp3) is 0.667. The van der Waals surface area contributed by atoms with Gasteiger partial charge in [0.1, 0.15) is 5.02 Å². The molecule has 0 bridgehead atoms. The highest BCUT2D eigenvalue weighted by Gasteiger charge is 2.22. The third kappa shape index (κ3) is 3.68. The molecule has 1 fully saturated rings. The van der Waals surface area contributed by atoms with Crippen LogP contribution in [-0.2, 0) is 4.74 Å². The summed E-state index contributed by atoms with van der Waals surface area (Å²) in [4.78, 5) is 13.5. The maximum atomic E-state index is 11.4. The largest absolute Gasteiger partial charge is 0.378 e. The van der Waals surface area contributed by atoms with Gasteiger partial charge in [-0.3, -0.25) is 4.79 Å². The Bertz CT molecular complexity index is 457. The van der Waals surface area contributed by atoms with Gasteiger partial charge in [-0.25, -0.2) is 5.10 Å². The summed E-state index contributed by atoms with van der Waals surface area (Å²) < 4.78 is 5.74. The van der Waals surface area contributed by atoms with Crippen LogP contribution in [0.2, 0.25) is 5.02 Å². The molecule has 0 atom stereocenters. The van der Waals surface area contributed by atoms with Gasteiger partial charge in [-0.05, 0) is 25.8 Å². The zero-order chi connectivity index (χ0) is 13.7. The van der Waals surface area contributed by atoms with Crippen LogP contribution in [0.3, 0.4) is 0 Å². The average molecular weight is 287 g/mol. The van der Waals surface area contributed by atoms with Gasteiger partial charge in [0.15, 0.2) is 0 Å². The van der Waals surface area contributed by atoms with Crippen LogP contribution in [-0.4, -0.2) is 42.5 Å². The summed E-state index contributed by atoms with van der Waals surface area (Å²) in [6, 6.07) is 0. The van der Waals surface area contributed by atoms with Crippen molar-refractivity contribution in [2.24, 2.45) is 5.73 Å². The van der Waals surface area contributed by atoms with Crippen molar-refractivity contribution in [1.29, 1.82) is 0 Å². The number of aromatic nitrogens is 2. The summed E-state index contributed by atoms with van der Waals surface area (Å²) in [5.41, 5.74) is 5.78. The minimum Gasteiger partial charge on any atom is -0.378 e. The second-order valence-corrected chi connectivity index (χ2v) is 4.98. The Labute approximate surface area is 116 Å². The lowest BCUT2D eigenvalue weighted by atomic mass is 10.1. The summed E-state index contributed by atoms with van der Waals surface area (Å²) >= 11 is 5.99. The minimum atomic E-state index is -0.347. The molecular formula is C12H19ClN4O2. The monoisotopic (exact) mass is 286 g/mol. The Morgan fingerprint density at radius 3 is 2.95 bits per heavy atom. The number of hydrogen-bond acceptors (Lipinski definition) is 5. The van der Waals surface area contributed by atoms with Gasteiger partial charge in [0.05, 0.1) is 18.0 Å². The predicted molar refractivity (Wildman–Crippen MR) is 74.7 cm³/mol. The zero-order valence-corrected chi connectivity index (χ0v) is 11.5. The van der Waals surface area contributed by atoms with Gasteiger partial charge in [0.25, 0.3) is 5.56 Å². The summed E-state index contributed by atoms with van der Waals surface area (Å²) in [6.07, 6.45) is 4.61. The highest BCUT2D eigenvalue weighted by atomic mass is 35.5. The number of nitrogens with zero attached hydrogens (tertiary/aromatic N) is 2. The SMILES string of the molecule is NCCCOC1CCN(c2cn[nH]c(=O)c2Cl)CC1. The lowest BCUT2D eigenvalue weighted by molar-refractivity contribution is 0.0366. The van der Waals surface area contributed by atoms with E-state index in [0.717, 1.165) is 32.4 Å². The number of H-pyrrole nitrogens is 1. The van der Waals surface area contributed by atoms with Crippen LogP contribution in [0, 0.1) is 0 Å². The Morgan fingerprint density at radius 1 is 1.53 bits per heavy atom. The van der Waals surface area contributed by atoms with Crippen LogP contribution in [0.5, 0.6) is 0 Å². The first-order chi connectivity index (χ1) is 9.22. The standard InChI is InChI=1S/C12H19ClN4O2/c13-11-10(8-15-16-12(11)18)17-5-2-9(3-6-17)19-7-1-4-14/h8-9H,1-7,14H2,(H,16,18). The van der Waals surface area contributed by atoms with Crippen molar-refractivity contribution in [2.75, 3.05) is 31.1 Å². The number of anilines is 1. The molecule has 0 aromatic carbocycles. The van der Waals surface area contributed by atoms with Gasteiger partial charge in [-0.1, -0.05) is 11.6 Å². The molecule has 0 amide bonds. The van der Waals surface area contributed by atoms with Crippen molar-refractivity contribution < 1.29 is 4.74 Å². The Kier molecular flexibility index (Phi) is 5.18. The zero-order valence-electron chi connectivity index (χ0n) is 10.8. The molecule has 3 N–H and O–H groups in total. The van der Waals surface area contributed by atoms with Crippen LogP contribution >= 0.6 is 11.6 Å². The van der Waals surface area contributed by atoms with E-state index in [-0.39, 0.29) is 16.7 Å². The molecule has 0 spiro atoms. The Balaban J connectivity index is 1.89. The molecule has 1 aliphatic heterocycles. The molecule has 0 radical (unpaired) electrons. The number of hydrogen-bond donors (Lipinski definition) is 2. The fourth-order valence-corrected chi connectivity index (χ4v) is 2.40. The van der Waals surface area contributed by atoms with Crippen molar-refractivity contribution in [3.8, 4) is 0 Å². The summed E-state index contributed by atoms with van der Waals surface area (Å²) in [7, 11) is 0. The molecule has 106 valence electrons. The van der Waals surface area contributed by atoms with E-state index in [9.17, 15) is 4.79 Å². The van der Waals surface area contributed by atoms with Crippen LogP contribution in [0.25, 0.3) is 0 Å². The Morgan fingerprint density at radius 2 is 2.26 bits per heavy atom. The van der Waals surface area contributed by atoms with Gasteiger partial charge >= 0.3 is 0 Å². The molecule has 2 heterocycles. The molecule has 6 nitrogen and oxygen atoms in total. The van der Waals surface area contributed by atoms with E-state index in [0.29, 0.717) is 18.8 Å². The van der Waals surface area contributed by atoms with Crippen LogP contribution in [0.1, 0.15) is 19.3 Å². The molecule has 2 rings (SSSR count). The molecule has 0 unspecified atom stereocenters. The highest BCUT2D eigenvalue weighted by molar-refractivity contribution is 6.32. The minimum absolute atomic E-state index is 0.206. The molecule has 1 saturated heterocycles. The van der Waals surface area contributed by atoms with Gasteiger partial charge in [-0.2, -0.15) is 5.10 Å². The maximum Gasteiger partial charge on any atom is 0.285 e. The predicted octanol–water partition coefficient (Wildman–Crippen LogP) is 0.757. The molecular weight excluding hydrogens is 268 g/mol. The van der Waals surface area contributed by atoms with Gasteiger partial charge in [-0.15, -0.1) is 0 Å². The number of ether oxygens (including phenoxy) is 1. The fourth-order valence-electron chi connectivity index (χ4n) is 2.19. The molecule has 7 heteroatoms. The molecule has 1 aliphatic rings. The second-order valence-electron chi connectivity index (χ2n) is 4.60. The molecule has 19 heavy (non-hydrogen) atoms. The van der Waals surface area contributed by atoms with E-state index in [4.69, 9.17) is 22.1 Å². The van der Waals surface area contributed by atoms with E-state index < -0.39 is 0 Å². The molecule has 0 saturated carbocycles. The first-order valence-corrected chi connectivity index (χ1v) is 6.90. The summed E-state index contributed by atoms with van der Waals surface area (Å²) in [5.74, 6) is 0. The van der Waals surface area contributed by atoms with Crippen molar-refractivity contribution in [2.45, 2.75) is 25.4 Å². The normalized spacial score (nSPS) is 16.8. The van der Waals surface area contributed by atoms with Crippen LogP contribution in [0.4, 0.5) is 5.69 Å². The number of piperidine rings is 1. The van der Waals surface area contributed by atoms with E-state index in [1.54, 1.807) is 6.20 Å². The van der Waals surface area contributed by atoms with E-state index in [2.05, 4.69) is 15.1 Å². The molecule has 0 aliphatic carbocycles. The average Bonchev–Trinajstić information content (AvgIpc) is 2.43. The summed E-state index contributed by atoms with van der Waals surface area (Å²) in [6.45, 7) is 3.01. The first kappa shape index (κ1) is 14.3. The van der Waals surface area contributed by atoms with Crippen molar-refractivity contribution in [3.05, 3.63) is 21.6 Å². The lowest BCUT2D eigenvalue weighted by Crippen LogP contribution is -2.38. The smallest absolute Gasteiger partial charge is 0.285 e. The van der Waals surface area contributed by atoms with Gasteiger partial charge in [0.2, 0.25) is 0 Å². The molecule has 1 aromatic rings. The van der Waals surface area contributed by atoms with E-state index >= 15 is 0 Å². The number of rotatable bonds is 5. The summed E-state index contributed by atoms with van der Waals surface area (Å²) in [5, 5.41) is 6.32. The topological polar surface area (TPSA) is 84.2 Å². The molecule has 1 aromatic heterocycles. The first-order valence-electron chi connectivity index (χ1n) is 6.52.